The number of hydrogen-bond donors (Lipinski definition) is 1. The van der Waals surface area contributed by atoms with Gasteiger partial charge in [0.2, 0.25) is 0 Å². The SMILES string of the molecule is CCC1COC(C)CN1CCC(NC)c1ccc(F)cn1. The van der Waals surface area contributed by atoms with Crippen molar-refractivity contribution < 1.29 is 9.13 Å². The van der Waals surface area contributed by atoms with E-state index in [1.165, 1.54) is 12.3 Å². The summed E-state index contributed by atoms with van der Waals surface area (Å²) >= 11 is 0. The van der Waals surface area contributed by atoms with Crippen LogP contribution in [0.4, 0.5) is 4.39 Å². The second-order valence-electron chi connectivity index (χ2n) is 5.73. The average molecular weight is 295 g/mol. The number of ether oxygens (including phenoxy) is 1. The van der Waals surface area contributed by atoms with Crippen LogP contribution in [0.5, 0.6) is 0 Å². The van der Waals surface area contributed by atoms with Crippen molar-refractivity contribution in [2.75, 3.05) is 26.7 Å². The van der Waals surface area contributed by atoms with Crippen LogP contribution in [0.15, 0.2) is 18.3 Å². The van der Waals surface area contributed by atoms with Gasteiger partial charge in [-0.1, -0.05) is 6.92 Å². The first-order chi connectivity index (χ1) is 10.1. The molecule has 0 radical (unpaired) electrons. The number of pyridine rings is 1. The van der Waals surface area contributed by atoms with E-state index in [0.717, 1.165) is 38.2 Å². The van der Waals surface area contributed by atoms with E-state index in [0.29, 0.717) is 12.1 Å². The molecule has 3 atom stereocenters. The first-order valence-electron chi connectivity index (χ1n) is 7.78. The van der Waals surface area contributed by atoms with Gasteiger partial charge in [-0.3, -0.25) is 9.88 Å². The minimum absolute atomic E-state index is 0.154. The molecule has 21 heavy (non-hydrogen) atoms. The zero-order valence-corrected chi connectivity index (χ0v) is 13.2. The summed E-state index contributed by atoms with van der Waals surface area (Å²) < 4.78 is 18.7. The predicted molar refractivity (Wildman–Crippen MR) is 81.7 cm³/mol. The molecule has 1 aliphatic rings. The van der Waals surface area contributed by atoms with Gasteiger partial charge < -0.3 is 10.1 Å². The normalized spacial score (nSPS) is 25.0. The largest absolute Gasteiger partial charge is 0.376 e. The van der Waals surface area contributed by atoms with Crippen LogP contribution in [-0.2, 0) is 4.74 Å². The lowest BCUT2D eigenvalue weighted by atomic mass is 10.1. The highest BCUT2D eigenvalue weighted by atomic mass is 19.1. The fraction of sp³-hybridized carbons (Fsp3) is 0.688. The third-order valence-corrected chi connectivity index (χ3v) is 4.21. The van der Waals surface area contributed by atoms with Crippen molar-refractivity contribution in [2.45, 2.75) is 44.9 Å². The fourth-order valence-electron chi connectivity index (χ4n) is 2.89. The molecule has 1 aliphatic heterocycles. The summed E-state index contributed by atoms with van der Waals surface area (Å²) in [5, 5.41) is 3.28. The Kier molecular flexibility index (Phi) is 6.08. The minimum atomic E-state index is -0.290. The van der Waals surface area contributed by atoms with Gasteiger partial charge >= 0.3 is 0 Å². The molecule has 1 N–H and O–H groups in total. The summed E-state index contributed by atoms with van der Waals surface area (Å²) in [7, 11) is 1.93. The third-order valence-electron chi connectivity index (χ3n) is 4.21. The monoisotopic (exact) mass is 295 g/mol. The summed E-state index contributed by atoms with van der Waals surface area (Å²) in [5.74, 6) is -0.290. The Balaban J connectivity index is 1.93. The molecule has 0 aliphatic carbocycles. The van der Waals surface area contributed by atoms with Crippen LogP contribution in [0.3, 0.4) is 0 Å². The molecular weight excluding hydrogens is 269 g/mol. The molecule has 4 nitrogen and oxygen atoms in total. The number of rotatable bonds is 6. The van der Waals surface area contributed by atoms with Crippen molar-refractivity contribution in [3.05, 3.63) is 29.8 Å². The smallest absolute Gasteiger partial charge is 0.141 e. The maximum absolute atomic E-state index is 13.0. The van der Waals surface area contributed by atoms with Crippen molar-refractivity contribution in [3.63, 3.8) is 0 Å². The van der Waals surface area contributed by atoms with Crippen LogP contribution in [0.2, 0.25) is 0 Å². The number of aromatic nitrogens is 1. The summed E-state index contributed by atoms with van der Waals surface area (Å²) in [5.41, 5.74) is 0.897. The lowest BCUT2D eigenvalue weighted by Gasteiger charge is -2.38. The molecule has 2 heterocycles. The van der Waals surface area contributed by atoms with Crippen LogP contribution in [0.1, 0.15) is 38.4 Å². The van der Waals surface area contributed by atoms with Gasteiger partial charge in [0.15, 0.2) is 0 Å². The topological polar surface area (TPSA) is 37.4 Å². The Bertz CT molecular complexity index is 426. The van der Waals surface area contributed by atoms with Crippen molar-refractivity contribution in [2.24, 2.45) is 0 Å². The van der Waals surface area contributed by atoms with Gasteiger partial charge in [-0.05, 0) is 38.9 Å². The maximum Gasteiger partial charge on any atom is 0.141 e. The molecule has 1 fully saturated rings. The Hall–Kier alpha value is -1.04. The highest BCUT2D eigenvalue weighted by Gasteiger charge is 2.26. The Morgan fingerprint density at radius 3 is 2.95 bits per heavy atom. The molecule has 2 rings (SSSR count). The van der Waals surface area contributed by atoms with Crippen LogP contribution < -0.4 is 5.32 Å². The van der Waals surface area contributed by atoms with E-state index in [1.54, 1.807) is 6.07 Å². The van der Waals surface area contributed by atoms with Gasteiger partial charge in [0.05, 0.1) is 30.6 Å². The number of halogens is 1. The van der Waals surface area contributed by atoms with Gasteiger partial charge in [-0.15, -0.1) is 0 Å². The Morgan fingerprint density at radius 2 is 2.33 bits per heavy atom. The number of hydrogen-bond acceptors (Lipinski definition) is 4. The zero-order valence-electron chi connectivity index (χ0n) is 13.2. The van der Waals surface area contributed by atoms with Crippen molar-refractivity contribution in [3.8, 4) is 0 Å². The summed E-state index contributed by atoms with van der Waals surface area (Å²) in [6.07, 6.45) is 3.64. The van der Waals surface area contributed by atoms with E-state index in [4.69, 9.17) is 4.74 Å². The van der Waals surface area contributed by atoms with Crippen LogP contribution in [-0.4, -0.2) is 48.8 Å². The summed E-state index contributed by atoms with van der Waals surface area (Å²) in [6, 6.07) is 3.88. The standard InChI is InChI=1S/C16H26FN3O/c1-4-14-11-21-12(2)10-20(14)8-7-15(18-3)16-6-5-13(17)9-19-16/h5-6,9,12,14-15,18H,4,7-8,10-11H2,1-3H3. The number of nitrogens with zero attached hydrogens (tertiary/aromatic N) is 2. The first kappa shape index (κ1) is 16.3. The van der Waals surface area contributed by atoms with Crippen LogP contribution in [0.25, 0.3) is 0 Å². The van der Waals surface area contributed by atoms with Gasteiger partial charge in [0.1, 0.15) is 5.82 Å². The Morgan fingerprint density at radius 1 is 1.52 bits per heavy atom. The van der Waals surface area contributed by atoms with Crippen molar-refractivity contribution >= 4 is 0 Å². The average Bonchev–Trinajstić information content (AvgIpc) is 2.50. The molecule has 0 amide bonds. The van der Waals surface area contributed by atoms with Gasteiger partial charge in [0.25, 0.3) is 0 Å². The molecule has 1 aromatic rings. The second-order valence-corrected chi connectivity index (χ2v) is 5.73. The van der Waals surface area contributed by atoms with E-state index >= 15 is 0 Å². The minimum Gasteiger partial charge on any atom is -0.376 e. The highest BCUT2D eigenvalue weighted by molar-refractivity contribution is 5.09. The molecule has 0 bridgehead atoms. The maximum atomic E-state index is 13.0. The van der Waals surface area contributed by atoms with E-state index in [1.807, 2.05) is 7.05 Å². The fourth-order valence-corrected chi connectivity index (χ4v) is 2.89. The third kappa shape index (κ3) is 4.46. The lowest BCUT2D eigenvalue weighted by molar-refractivity contribution is -0.0566. The molecular formula is C16H26FN3O. The van der Waals surface area contributed by atoms with Crippen LogP contribution in [0, 0.1) is 5.82 Å². The second kappa shape index (κ2) is 7.82. The molecule has 1 aromatic heterocycles. The van der Waals surface area contributed by atoms with Gasteiger partial charge in [0, 0.05) is 19.1 Å². The number of nitrogens with one attached hydrogen (secondary N) is 1. The van der Waals surface area contributed by atoms with E-state index < -0.39 is 0 Å². The predicted octanol–water partition coefficient (Wildman–Crippen LogP) is 2.37. The zero-order chi connectivity index (χ0) is 15.2. The van der Waals surface area contributed by atoms with Gasteiger partial charge in [-0.25, -0.2) is 4.39 Å². The van der Waals surface area contributed by atoms with E-state index in [2.05, 4.69) is 29.0 Å². The molecule has 0 aromatic carbocycles. The molecule has 0 spiro atoms. The van der Waals surface area contributed by atoms with Crippen molar-refractivity contribution in [1.29, 1.82) is 0 Å². The van der Waals surface area contributed by atoms with E-state index in [-0.39, 0.29) is 11.9 Å². The van der Waals surface area contributed by atoms with Gasteiger partial charge in [-0.2, -0.15) is 0 Å². The lowest BCUT2D eigenvalue weighted by Crippen LogP contribution is -2.49. The highest BCUT2D eigenvalue weighted by Crippen LogP contribution is 2.19. The molecule has 1 saturated heterocycles. The van der Waals surface area contributed by atoms with Crippen molar-refractivity contribution in [1.82, 2.24) is 15.2 Å². The Labute approximate surface area is 126 Å². The quantitative estimate of drug-likeness (QED) is 0.874. The summed E-state index contributed by atoms with van der Waals surface area (Å²) in [6.45, 7) is 7.11. The molecule has 0 saturated carbocycles. The number of morpholine rings is 1. The molecule has 3 unspecified atom stereocenters. The van der Waals surface area contributed by atoms with E-state index in [9.17, 15) is 4.39 Å². The summed E-state index contributed by atoms with van der Waals surface area (Å²) in [4.78, 5) is 6.69. The molecule has 118 valence electrons. The molecule has 5 heteroatoms. The van der Waals surface area contributed by atoms with Crippen LogP contribution >= 0.6 is 0 Å². The first-order valence-corrected chi connectivity index (χ1v) is 7.78.